The van der Waals surface area contributed by atoms with E-state index in [0.29, 0.717) is 5.92 Å². The predicted octanol–water partition coefficient (Wildman–Crippen LogP) is 2.99. The fraction of sp³-hybridized carbons (Fsp3) is 0.625. The van der Waals surface area contributed by atoms with Crippen LogP contribution in [0.25, 0.3) is 0 Å². The molecule has 1 atom stereocenters. The Labute approximate surface area is 84.8 Å². The Morgan fingerprint density at radius 1 is 1.67 bits per heavy atom. The second-order valence-corrected chi connectivity index (χ2v) is 4.86. The van der Waals surface area contributed by atoms with Gasteiger partial charge in [0, 0.05) is 5.38 Å². The minimum Gasteiger partial charge on any atom is -0.386 e. The van der Waals surface area contributed by atoms with Gasteiger partial charge < -0.3 is 5.11 Å². The van der Waals surface area contributed by atoms with Crippen LogP contribution in [0, 0.1) is 5.92 Å². The molecule has 1 heterocycles. The highest BCUT2D eigenvalue weighted by atomic mass is 79.9. The second-order valence-electron chi connectivity index (χ2n) is 3.15. The molecule has 0 saturated carbocycles. The molecule has 0 saturated heterocycles. The van der Waals surface area contributed by atoms with Gasteiger partial charge >= 0.3 is 0 Å². The number of rotatable bonds is 3. The lowest BCUT2D eigenvalue weighted by molar-refractivity contribution is 0.150. The molecular weight excluding hydrogens is 238 g/mol. The van der Waals surface area contributed by atoms with Gasteiger partial charge in [0.05, 0.1) is 0 Å². The summed E-state index contributed by atoms with van der Waals surface area (Å²) >= 11 is 4.75. The smallest absolute Gasteiger partial charge is 0.123 e. The van der Waals surface area contributed by atoms with E-state index in [4.69, 9.17) is 0 Å². The van der Waals surface area contributed by atoms with Gasteiger partial charge in [0.2, 0.25) is 0 Å². The van der Waals surface area contributed by atoms with Crippen molar-refractivity contribution in [1.29, 1.82) is 0 Å². The summed E-state index contributed by atoms with van der Waals surface area (Å²) in [6.07, 6.45) is 0.376. The third-order valence-corrected chi connectivity index (χ3v) is 3.13. The lowest BCUT2D eigenvalue weighted by atomic mass is 10.1. The van der Waals surface area contributed by atoms with E-state index in [1.54, 1.807) is 0 Å². The maximum atomic E-state index is 9.63. The summed E-state index contributed by atoms with van der Waals surface area (Å²) in [6.45, 7) is 4.18. The zero-order valence-corrected chi connectivity index (χ0v) is 9.52. The molecule has 1 rings (SSSR count). The number of halogens is 1. The lowest BCUT2D eigenvalue weighted by Gasteiger charge is -2.09. The minimum atomic E-state index is -0.402. The first-order valence-electron chi connectivity index (χ1n) is 3.88. The number of thiazole rings is 1. The molecule has 12 heavy (non-hydrogen) atoms. The molecule has 0 aliphatic rings. The molecule has 0 spiro atoms. The van der Waals surface area contributed by atoms with Crippen molar-refractivity contribution in [3.8, 4) is 0 Å². The van der Waals surface area contributed by atoms with Crippen molar-refractivity contribution in [1.82, 2.24) is 4.98 Å². The number of hydrogen-bond donors (Lipinski definition) is 1. The quantitative estimate of drug-likeness (QED) is 0.894. The van der Waals surface area contributed by atoms with E-state index in [-0.39, 0.29) is 0 Å². The van der Waals surface area contributed by atoms with Crippen molar-refractivity contribution in [3.63, 3.8) is 0 Å². The van der Waals surface area contributed by atoms with Crippen LogP contribution in [-0.4, -0.2) is 10.1 Å². The van der Waals surface area contributed by atoms with Crippen molar-refractivity contribution >= 4 is 27.3 Å². The van der Waals surface area contributed by atoms with Gasteiger partial charge in [-0.15, -0.1) is 11.3 Å². The molecule has 1 aromatic heterocycles. The van der Waals surface area contributed by atoms with Gasteiger partial charge in [-0.1, -0.05) is 13.8 Å². The molecule has 68 valence electrons. The van der Waals surface area contributed by atoms with E-state index < -0.39 is 6.10 Å². The topological polar surface area (TPSA) is 33.1 Å². The first-order valence-corrected chi connectivity index (χ1v) is 5.56. The predicted molar refractivity (Wildman–Crippen MR) is 54.2 cm³/mol. The first-order chi connectivity index (χ1) is 5.59. The second kappa shape index (κ2) is 4.35. The molecule has 0 aliphatic heterocycles. The van der Waals surface area contributed by atoms with Gasteiger partial charge in [0.25, 0.3) is 0 Å². The summed E-state index contributed by atoms with van der Waals surface area (Å²) < 4.78 is 0.810. The fourth-order valence-corrected chi connectivity index (χ4v) is 2.23. The highest BCUT2D eigenvalue weighted by Crippen LogP contribution is 2.25. The van der Waals surface area contributed by atoms with Crippen LogP contribution in [0.15, 0.2) is 9.98 Å². The molecule has 0 amide bonds. The Hall–Kier alpha value is 0.0700. The monoisotopic (exact) mass is 249 g/mol. The van der Waals surface area contributed by atoms with Crippen LogP contribution in [0.1, 0.15) is 31.4 Å². The Bertz CT molecular complexity index is 249. The number of aromatic nitrogens is 1. The molecule has 4 heteroatoms. The molecule has 1 N–H and O–H groups in total. The summed E-state index contributed by atoms with van der Waals surface area (Å²) in [5.74, 6) is 0.502. The van der Waals surface area contributed by atoms with Gasteiger partial charge in [-0.05, 0) is 28.3 Å². The number of nitrogens with zero attached hydrogens (tertiary/aromatic N) is 1. The maximum absolute atomic E-state index is 9.63. The van der Waals surface area contributed by atoms with E-state index in [0.717, 1.165) is 16.0 Å². The molecule has 0 bridgehead atoms. The molecule has 0 aromatic carbocycles. The SMILES string of the molecule is CC(C)CC(O)c1nc(Br)cs1. The zero-order chi connectivity index (χ0) is 9.14. The Morgan fingerprint density at radius 2 is 2.33 bits per heavy atom. The van der Waals surface area contributed by atoms with Crippen molar-refractivity contribution in [3.05, 3.63) is 15.0 Å². The molecule has 0 aliphatic carbocycles. The maximum Gasteiger partial charge on any atom is 0.123 e. The van der Waals surface area contributed by atoms with Gasteiger partial charge in [-0.25, -0.2) is 4.98 Å². The van der Waals surface area contributed by atoms with Gasteiger partial charge in [-0.3, -0.25) is 0 Å². The average Bonchev–Trinajstić information content (AvgIpc) is 2.34. The summed E-state index contributed by atoms with van der Waals surface area (Å²) in [7, 11) is 0. The van der Waals surface area contributed by atoms with E-state index in [1.807, 2.05) is 5.38 Å². The molecule has 1 unspecified atom stereocenters. The standard InChI is InChI=1S/C8H12BrNOS/c1-5(2)3-6(11)8-10-7(9)4-12-8/h4-6,11H,3H2,1-2H3. The van der Waals surface area contributed by atoms with Crippen LogP contribution in [0.2, 0.25) is 0 Å². The van der Waals surface area contributed by atoms with Crippen LogP contribution in [0.3, 0.4) is 0 Å². The normalized spacial score (nSPS) is 13.8. The molecule has 2 nitrogen and oxygen atoms in total. The molecule has 0 fully saturated rings. The van der Waals surface area contributed by atoms with E-state index in [9.17, 15) is 5.11 Å². The zero-order valence-electron chi connectivity index (χ0n) is 7.12. The highest BCUT2D eigenvalue weighted by molar-refractivity contribution is 9.10. The number of hydrogen-bond acceptors (Lipinski definition) is 3. The van der Waals surface area contributed by atoms with Crippen molar-refractivity contribution in [2.45, 2.75) is 26.4 Å². The summed E-state index contributed by atoms with van der Waals surface area (Å²) in [6, 6.07) is 0. The van der Waals surface area contributed by atoms with Crippen LogP contribution < -0.4 is 0 Å². The summed E-state index contributed by atoms with van der Waals surface area (Å²) in [5, 5.41) is 12.3. The molecule has 1 aromatic rings. The average molecular weight is 250 g/mol. The third-order valence-electron chi connectivity index (χ3n) is 1.47. The third kappa shape index (κ3) is 2.84. The van der Waals surface area contributed by atoms with Crippen LogP contribution in [0.5, 0.6) is 0 Å². The van der Waals surface area contributed by atoms with E-state index in [2.05, 4.69) is 34.8 Å². The van der Waals surface area contributed by atoms with Crippen LogP contribution in [-0.2, 0) is 0 Å². The van der Waals surface area contributed by atoms with Crippen molar-refractivity contribution < 1.29 is 5.11 Å². The van der Waals surface area contributed by atoms with E-state index in [1.165, 1.54) is 11.3 Å². The Kier molecular flexibility index (Phi) is 3.68. The Balaban J connectivity index is 2.58. The largest absolute Gasteiger partial charge is 0.386 e. The minimum absolute atomic E-state index is 0.402. The highest BCUT2D eigenvalue weighted by Gasteiger charge is 2.12. The summed E-state index contributed by atoms with van der Waals surface area (Å²) in [4.78, 5) is 4.15. The van der Waals surface area contributed by atoms with E-state index >= 15 is 0 Å². The Morgan fingerprint density at radius 3 is 2.75 bits per heavy atom. The van der Waals surface area contributed by atoms with Gasteiger partial charge in [0.1, 0.15) is 15.7 Å². The lowest BCUT2D eigenvalue weighted by Crippen LogP contribution is -2.00. The number of aliphatic hydroxyl groups excluding tert-OH is 1. The summed E-state index contributed by atoms with van der Waals surface area (Å²) in [5.41, 5.74) is 0. The molecular formula is C8H12BrNOS. The van der Waals surface area contributed by atoms with Gasteiger partial charge in [-0.2, -0.15) is 0 Å². The van der Waals surface area contributed by atoms with Crippen LogP contribution >= 0.6 is 27.3 Å². The molecule has 0 radical (unpaired) electrons. The fourth-order valence-electron chi connectivity index (χ4n) is 0.967. The van der Waals surface area contributed by atoms with Crippen LogP contribution in [0.4, 0.5) is 0 Å². The van der Waals surface area contributed by atoms with Gasteiger partial charge in [0.15, 0.2) is 0 Å². The number of aliphatic hydroxyl groups is 1. The van der Waals surface area contributed by atoms with Crippen molar-refractivity contribution in [2.24, 2.45) is 5.92 Å². The first kappa shape index (κ1) is 10.2. The van der Waals surface area contributed by atoms with Crippen molar-refractivity contribution in [2.75, 3.05) is 0 Å².